The van der Waals surface area contributed by atoms with Crippen LogP contribution in [0, 0.1) is 22.7 Å². The summed E-state index contributed by atoms with van der Waals surface area (Å²) < 4.78 is 0. The van der Waals surface area contributed by atoms with Gasteiger partial charge < -0.3 is 0 Å². The molecule has 1 nitrogen and oxygen atoms in total. The molecule has 1 heteroatoms. The van der Waals surface area contributed by atoms with Crippen LogP contribution in [0.5, 0.6) is 0 Å². The van der Waals surface area contributed by atoms with Crippen molar-refractivity contribution in [3.05, 3.63) is 0 Å². The average molecular weight is 180 g/mol. The van der Waals surface area contributed by atoms with E-state index in [4.69, 9.17) is 0 Å². The summed E-state index contributed by atoms with van der Waals surface area (Å²) in [5.41, 5.74) is 0.253. The van der Waals surface area contributed by atoms with E-state index in [2.05, 4.69) is 27.7 Å². The summed E-state index contributed by atoms with van der Waals surface area (Å²) in [4.78, 5) is 12.1. The van der Waals surface area contributed by atoms with Crippen LogP contribution in [0.1, 0.15) is 47.0 Å². The number of hydrogen-bond donors (Lipinski definition) is 0. The molecular formula is C12H20O. The fourth-order valence-electron chi connectivity index (χ4n) is 3.74. The molecule has 13 heavy (non-hydrogen) atoms. The first-order chi connectivity index (χ1) is 5.95. The molecule has 0 heterocycles. The van der Waals surface area contributed by atoms with Crippen molar-refractivity contribution in [1.82, 2.24) is 0 Å². The maximum absolute atomic E-state index is 12.1. The van der Waals surface area contributed by atoms with Crippen molar-refractivity contribution in [1.29, 1.82) is 0 Å². The normalized spacial score (nSPS) is 47.2. The maximum atomic E-state index is 12.1. The van der Waals surface area contributed by atoms with Crippen LogP contribution in [0.4, 0.5) is 0 Å². The highest BCUT2D eigenvalue weighted by Gasteiger charge is 2.65. The minimum Gasteiger partial charge on any atom is -0.299 e. The number of ketones is 1. The molecule has 0 saturated heterocycles. The van der Waals surface area contributed by atoms with Gasteiger partial charge in [-0.3, -0.25) is 4.79 Å². The highest BCUT2D eigenvalue weighted by atomic mass is 16.1. The molecule has 2 aliphatic carbocycles. The van der Waals surface area contributed by atoms with Gasteiger partial charge in [0.1, 0.15) is 5.78 Å². The van der Waals surface area contributed by atoms with E-state index in [1.54, 1.807) is 0 Å². The van der Waals surface area contributed by atoms with E-state index < -0.39 is 0 Å². The third-order valence-electron chi connectivity index (χ3n) is 5.11. The van der Waals surface area contributed by atoms with Crippen molar-refractivity contribution in [2.75, 3.05) is 0 Å². The first-order valence-corrected chi connectivity index (χ1v) is 5.49. The quantitative estimate of drug-likeness (QED) is 0.606. The molecule has 2 aliphatic rings. The lowest BCUT2D eigenvalue weighted by atomic mass is 9.70. The van der Waals surface area contributed by atoms with Crippen LogP contribution in [0.3, 0.4) is 0 Å². The zero-order valence-electron chi connectivity index (χ0n) is 9.18. The molecule has 2 fully saturated rings. The third-order valence-corrected chi connectivity index (χ3v) is 5.11. The van der Waals surface area contributed by atoms with E-state index in [-0.39, 0.29) is 10.8 Å². The molecule has 0 unspecified atom stereocenters. The van der Waals surface area contributed by atoms with Crippen LogP contribution >= 0.6 is 0 Å². The Morgan fingerprint density at radius 2 is 2.00 bits per heavy atom. The van der Waals surface area contributed by atoms with Crippen LogP contribution in [-0.4, -0.2) is 5.78 Å². The number of rotatable bonds is 1. The van der Waals surface area contributed by atoms with E-state index >= 15 is 0 Å². The van der Waals surface area contributed by atoms with Gasteiger partial charge in [0.2, 0.25) is 0 Å². The van der Waals surface area contributed by atoms with E-state index in [0.29, 0.717) is 17.6 Å². The summed E-state index contributed by atoms with van der Waals surface area (Å²) in [6, 6.07) is 0. The zero-order valence-corrected chi connectivity index (χ0v) is 9.18. The van der Waals surface area contributed by atoms with E-state index in [0.717, 1.165) is 12.8 Å². The minimum atomic E-state index is -0.00164. The minimum absolute atomic E-state index is 0.00164. The van der Waals surface area contributed by atoms with Crippen LogP contribution in [0.15, 0.2) is 0 Å². The van der Waals surface area contributed by atoms with Crippen LogP contribution in [-0.2, 0) is 4.79 Å². The predicted octanol–water partition coefficient (Wildman–Crippen LogP) is 3.04. The van der Waals surface area contributed by atoms with Gasteiger partial charge in [-0.2, -0.15) is 0 Å². The molecule has 2 saturated carbocycles. The van der Waals surface area contributed by atoms with Crippen molar-refractivity contribution >= 4 is 5.78 Å². The lowest BCUT2D eigenvalue weighted by molar-refractivity contribution is -0.131. The lowest BCUT2D eigenvalue weighted by Crippen LogP contribution is -2.33. The number of fused-ring (bicyclic) bond motifs is 2. The van der Waals surface area contributed by atoms with Gasteiger partial charge in [0.25, 0.3) is 0 Å². The highest BCUT2D eigenvalue weighted by Crippen LogP contribution is 2.66. The number of hydrogen-bond acceptors (Lipinski definition) is 1. The lowest BCUT2D eigenvalue weighted by Gasteiger charge is -2.32. The Kier molecular flexibility index (Phi) is 1.68. The molecule has 0 radical (unpaired) electrons. The summed E-state index contributed by atoms with van der Waals surface area (Å²) in [6.45, 7) is 8.92. The molecule has 0 spiro atoms. The van der Waals surface area contributed by atoms with Crippen LogP contribution < -0.4 is 0 Å². The Morgan fingerprint density at radius 3 is 2.31 bits per heavy atom. The van der Waals surface area contributed by atoms with Crippen molar-refractivity contribution in [3.8, 4) is 0 Å². The molecule has 0 aromatic rings. The number of Topliss-reactive ketones (excluding diaryl/α,β-unsaturated/α-hetero) is 1. The van der Waals surface area contributed by atoms with E-state index in [1.807, 2.05) is 0 Å². The van der Waals surface area contributed by atoms with Crippen LogP contribution in [0.25, 0.3) is 0 Å². The largest absolute Gasteiger partial charge is 0.299 e. The summed E-state index contributed by atoms with van der Waals surface area (Å²) in [6.07, 6.45) is 3.44. The molecule has 0 aromatic heterocycles. The molecule has 2 rings (SSSR count). The number of carbonyl (C=O) groups is 1. The second kappa shape index (κ2) is 2.37. The van der Waals surface area contributed by atoms with Gasteiger partial charge in [-0.25, -0.2) is 0 Å². The van der Waals surface area contributed by atoms with Crippen molar-refractivity contribution < 1.29 is 4.79 Å². The number of carbonyl (C=O) groups excluding carboxylic acids is 1. The molecule has 3 atom stereocenters. The van der Waals surface area contributed by atoms with Gasteiger partial charge >= 0.3 is 0 Å². The average Bonchev–Trinajstić information content (AvgIpc) is 2.36. The second-order valence-electron chi connectivity index (χ2n) is 5.58. The fourth-order valence-corrected chi connectivity index (χ4v) is 3.74. The van der Waals surface area contributed by atoms with Gasteiger partial charge in [-0.15, -0.1) is 0 Å². The predicted molar refractivity (Wildman–Crippen MR) is 53.4 cm³/mol. The summed E-state index contributed by atoms with van der Waals surface area (Å²) >= 11 is 0. The molecule has 0 aliphatic heterocycles. The Labute approximate surface area is 80.9 Å². The smallest absolute Gasteiger partial charge is 0.142 e. The zero-order chi connectivity index (χ0) is 9.85. The molecule has 0 aromatic carbocycles. The topological polar surface area (TPSA) is 17.1 Å². The SMILES string of the molecule is CC[C@H]1C(=O)[C@]2(C)CC[C@H]1C2(C)C. The summed E-state index contributed by atoms with van der Waals surface area (Å²) in [5.74, 6) is 1.58. The Morgan fingerprint density at radius 1 is 1.38 bits per heavy atom. The molecular weight excluding hydrogens is 160 g/mol. The van der Waals surface area contributed by atoms with Crippen molar-refractivity contribution in [2.45, 2.75) is 47.0 Å². The Bertz CT molecular complexity index is 254. The van der Waals surface area contributed by atoms with Gasteiger partial charge in [0.15, 0.2) is 0 Å². The van der Waals surface area contributed by atoms with Gasteiger partial charge in [0, 0.05) is 11.3 Å². The molecule has 0 amide bonds. The van der Waals surface area contributed by atoms with Crippen molar-refractivity contribution in [3.63, 3.8) is 0 Å². The second-order valence-corrected chi connectivity index (χ2v) is 5.58. The third kappa shape index (κ3) is 0.812. The highest BCUT2D eigenvalue weighted by molar-refractivity contribution is 5.91. The summed E-state index contributed by atoms with van der Waals surface area (Å²) in [5, 5.41) is 0. The van der Waals surface area contributed by atoms with E-state index in [9.17, 15) is 4.79 Å². The standard InChI is InChI=1S/C12H20O/c1-5-8-9-6-7-12(4,10(8)13)11(9,2)3/h8-9H,5-7H2,1-4H3/t8-,9-,12+/m1/s1. The Balaban J connectivity index is 2.44. The fraction of sp³-hybridized carbons (Fsp3) is 0.917. The first kappa shape index (κ1) is 9.23. The van der Waals surface area contributed by atoms with Crippen LogP contribution in [0.2, 0.25) is 0 Å². The summed E-state index contributed by atoms with van der Waals surface area (Å²) in [7, 11) is 0. The first-order valence-electron chi connectivity index (χ1n) is 5.49. The van der Waals surface area contributed by atoms with Crippen molar-refractivity contribution in [2.24, 2.45) is 22.7 Å². The van der Waals surface area contributed by atoms with Gasteiger partial charge in [-0.1, -0.05) is 27.7 Å². The maximum Gasteiger partial charge on any atom is 0.142 e. The van der Waals surface area contributed by atoms with Gasteiger partial charge in [-0.05, 0) is 30.6 Å². The van der Waals surface area contributed by atoms with E-state index in [1.165, 1.54) is 6.42 Å². The molecule has 0 N–H and O–H groups in total. The van der Waals surface area contributed by atoms with Gasteiger partial charge in [0.05, 0.1) is 0 Å². The molecule has 2 bridgehead atoms. The monoisotopic (exact) mass is 180 g/mol. The Hall–Kier alpha value is -0.330. The molecule has 74 valence electrons.